The fraction of sp³-hybridized carbons (Fsp3) is 0.444. The van der Waals surface area contributed by atoms with Crippen LogP contribution in [0.3, 0.4) is 0 Å². The molecule has 0 saturated carbocycles. The minimum absolute atomic E-state index is 0.0319. The molecule has 3 aromatic carbocycles. The number of carboxylic acids is 1. The molecule has 4 fully saturated rings. The van der Waals surface area contributed by atoms with Gasteiger partial charge in [0.1, 0.15) is 11.6 Å². The fourth-order valence-corrected chi connectivity index (χ4v) is 8.65. The number of benzene rings is 3. The Morgan fingerprint density at radius 2 is 1.61 bits per heavy atom. The van der Waals surface area contributed by atoms with Crippen molar-refractivity contribution in [3.63, 3.8) is 0 Å². The third-order valence-electron chi connectivity index (χ3n) is 10.6. The van der Waals surface area contributed by atoms with Crippen LogP contribution < -0.4 is 14.5 Å². The summed E-state index contributed by atoms with van der Waals surface area (Å²) in [6.45, 7) is 7.43. The zero-order valence-electron chi connectivity index (χ0n) is 27.0. The third kappa shape index (κ3) is 5.79. The lowest BCUT2D eigenvalue weighted by Gasteiger charge is -2.46. The first-order chi connectivity index (χ1) is 23.7. The van der Waals surface area contributed by atoms with Crippen molar-refractivity contribution >= 4 is 46.5 Å². The molecule has 0 spiro atoms. The van der Waals surface area contributed by atoms with Gasteiger partial charge in [-0.05, 0) is 44.0 Å². The number of para-hydroxylation sites is 1. The molecule has 3 atom stereocenters. The van der Waals surface area contributed by atoms with Crippen LogP contribution in [-0.2, 0) is 16.0 Å². The second kappa shape index (κ2) is 12.9. The normalized spacial score (nSPS) is 24.0. The molecule has 8 rings (SSSR count). The lowest BCUT2D eigenvalue weighted by Crippen LogP contribution is -2.59. The maximum Gasteiger partial charge on any atom is 0.337 e. The Bertz CT molecular complexity index is 1790. The lowest BCUT2D eigenvalue weighted by molar-refractivity contribution is -0.0691. The molecule has 10 nitrogen and oxygen atoms in total. The highest BCUT2D eigenvalue weighted by atomic mass is 35.5. The van der Waals surface area contributed by atoms with Crippen LogP contribution >= 0.6 is 23.2 Å². The number of carboxylic acid groups (broad SMARTS) is 1. The maximum atomic E-state index is 15.7. The van der Waals surface area contributed by atoms with E-state index in [0.717, 1.165) is 57.4 Å². The number of morpholine rings is 1. The smallest absolute Gasteiger partial charge is 0.337 e. The molecule has 0 aliphatic carbocycles. The molecule has 4 saturated heterocycles. The number of ether oxygens (including phenoxy) is 3. The summed E-state index contributed by atoms with van der Waals surface area (Å²) in [5.41, 5.74) is 2.87. The molecular formula is C36H37Cl2FN4O6. The number of carbonyl (C=O) groups excluding carboxylic acids is 1. The largest absolute Gasteiger partial charge is 0.478 e. The number of hydrogen-bond acceptors (Lipinski definition) is 8. The Kier molecular flexibility index (Phi) is 8.60. The van der Waals surface area contributed by atoms with Crippen molar-refractivity contribution in [2.45, 2.75) is 50.5 Å². The minimum atomic E-state index is -1.19. The van der Waals surface area contributed by atoms with Gasteiger partial charge in [-0.25, -0.2) is 9.18 Å². The number of nitrogens with zero attached hydrogens (tertiary/aromatic N) is 4. The quantitative estimate of drug-likeness (QED) is 0.342. The summed E-state index contributed by atoms with van der Waals surface area (Å²) in [4.78, 5) is 34.4. The van der Waals surface area contributed by atoms with E-state index in [1.54, 1.807) is 30.3 Å². The van der Waals surface area contributed by atoms with Gasteiger partial charge in [0.2, 0.25) is 0 Å². The van der Waals surface area contributed by atoms with Crippen molar-refractivity contribution in [1.82, 2.24) is 9.80 Å². The van der Waals surface area contributed by atoms with Crippen LogP contribution in [0.1, 0.15) is 46.0 Å². The van der Waals surface area contributed by atoms with E-state index in [9.17, 15) is 14.7 Å². The van der Waals surface area contributed by atoms with Gasteiger partial charge in [0.15, 0.2) is 6.73 Å². The Morgan fingerprint density at radius 1 is 0.918 bits per heavy atom. The van der Waals surface area contributed by atoms with Crippen molar-refractivity contribution in [2.75, 3.05) is 62.6 Å². The van der Waals surface area contributed by atoms with E-state index in [1.807, 2.05) is 6.07 Å². The van der Waals surface area contributed by atoms with E-state index < -0.39 is 11.8 Å². The van der Waals surface area contributed by atoms with Crippen molar-refractivity contribution in [3.8, 4) is 16.9 Å². The summed E-state index contributed by atoms with van der Waals surface area (Å²) in [6.07, 6.45) is 1.77. The van der Waals surface area contributed by atoms with Gasteiger partial charge in [-0.2, -0.15) is 0 Å². The highest BCUT2D eigenvalue weighted by Crippen LogP contribution is 2.43. The molecule has 2 unspecified atom stereocenters. The zero-order valence-corrected chi connectivity index (χ0v) is 28.6. The summed E-state index contributed by atoms with van der Waals surface area (Å²) in [6, 6.07) is 12.5. The number of piperazine rings is 1. The van der Waals surface area contributed by atoms with Crippen LogP contribution in [0.4, 0.5) is 15.8 Å². The molecule has 1 N–H and O–H groups in total. The van der Waals surface area contributed by atoms with E-state index in [2.05, 4.69) is 21.6 Å². The van der Waals surface area contributed by atoms with Gasteiger partial charge in [-0.3, -0.25) is 9.69 Å². The second-order valence-electron chi connectivity index (χ2n) is 13.6. The Hall–Kier alpha value is -3.61. The molecule has 13 heteroatoms. The Morgan fingerprint density at radius 3 is 2.27 bits per heavy atom. The molecule has 0 radical (unpaired) electrons. The van der Waals surface area contributed by atoms with Crippen molar-refractivity contribution < 1.29 is 33.3 Å². The molecule has 2 bridgehead atoms. The van der Waals surface area contributed by atoms with Gasteiger partial charge >= 0.3 is 5.97 Å². The van der Waals surface area contributed by atoms with Crippen molar-refractivity contribution in [2.24, 2.45) is 0 Å². The average Bonchev–Trinajstić information content (AvgIpc) is 3.29. The summed E-state index contributed by atoms with van der Waals surface area (Å²) >= 11 is 13.5. The first kappa shape index (κ1) is 32.6. The molecule has 5 heterocycles. The van der Waals surface area contributed by atoms with Gasteiger partial charge in [-0.1, -0.05) is 41.4 Å². The predicted octanol–water partition coefficient (Wildman–Crippen LogP) is 5.77. The van der Waals surface area contributed by atoms with E-state index in [4.69, 9.17) is 37.4 Å². The highest BCUT2D eigenvalue weighted by Gasteiger charge is 2.40. The van der Waals surface area contributed by atoms with Crippen LogP contribution in [0.5, 0.6) is 5.75 Å². The second-order valence-corrected chi connectivity index (χ2v) is 14.4. The highest BCUT2D eigenvalue weighted by molar-refractivity contribution is 6.40. The van der Waals surface area contributed by atoms with Gasteiger partial charge in [0.25, 0.3) is 5.91 Å². The number of fused-ring (bicyclic) bond motifs is 3. The fourth-order valence-electron chi connectivity index (χ4n) is 8.01. The number of rotatable bonds is 6. The standard InChI is InChI=1S/C36H37Cl2FN4O6/c1-20-13-40(25-17-48-18-25)7-8-42(20)24-9-29(37)33(30(38)10-24)35(44)41-14-21-3-2-4-26(34(21)49-19-41)27-12-32(28(36(45)46)11-31(27)39)43-22-5-6-23(43)16-47-15-22/h2-4,9-12,20,22-23,25H,5-8,13-19H2,1H3,(H,45,46)/t20-,22?,23?/m1/s1. The summed E-state index contributed by atoms with van der Waals surface area (Å²) in [7, 11) is 0. The molecule has 0 aromatic heterocycles. The van der Waals surface area contributed by atoms with Crippen LogP contribution in [0.25, 0.3) is 11.1 Å². The zero-order chi connectivity index (χ0) is 34.0. The van der Waals surface area contributed by atoms with Crippen LogP contribution in [0, 0.1) is 5.82 Å². The monoisotopic (exact) mass is 710 g/mol. The molecular weight excluding hydrogens is 674 g/mol. The molecule has 5 aliphatic heterocycles. The van der Waals surface area contributed by atoms with Gasteiger partial charge in [0, 0.05) is 48.1 Å². The van der Waals surface area contributed by atoms with Crippen molar-refractivity contribution in [3.05, 3.63) is 75.0 Å². The number of aromatic carboxylic acids is 1. The lowest BCUT2D eigenvalue weighted by atomic mass is 9.96. The first-order valence-corrected chi connectivity index (χ1v) is 17.5. The third-order valence-corrected chi connectivity index (χ3v) is 11.2. The van der Waals surface area contributed by atoms with Crippen LogP contribution in [0.2, 0.25) is 10.0 Å². The summed E-state index contributed by atoms with van der Waals surface area (Å²) in [5.74, 6) is -1.78. The topological polar surface area (TPSA) is 95.0 Å². The molecule has 1 amide bonds. The van der Waals surface area contributed by atoms with E-state index in [0.29, 0.717) is 41.8 Å². The number of amides is 1. The minimum Gasteiger partial charge on any atom is -0.478 e. The van der Waals surface area contributed by atoms with E-state index in [1.165, 1.54) is 4.90 Å². The average molecular weight is 712 g/mol. The summed E-state index contributed by atoms with van der Waals surface area (Å²) in [5, 5.41) is 10.5. The molecule has 3 aromatic rings. The Balaban J connectivity index is 1.04. The Labute approximate surface area is 293 Å². The number of halogens is 3. The number of hydrogen-bond donors (Lipinski definition) is 1. The maximum absolute atomic E-state index is 15.7. The SMILES string of the molecule is C[C@@H]1CN(C2COC2)CCN1c1cc(Cl)c(C(=O)N2COc3c(cccc3-c3cc(N4C5CCC4COC5)c(C(=O)O)cc3F)C2)c(Cl)c1. The van der Waals surface area contributed by atoms with Gasteiger partial charge < -0.3 is 34.0 Å². The van der Waals surface area contributed by atoms with E-state index in [-0.39, 0.29) is 64.0 Å². The summed E-state index contributed by atoms with van der Waals surface area (Å²) < 4.78 is 33.0. The van der Waals surface area contributed by atoms with Gasteiger partial charge in [0.05, 0.1) is 78.0 Å². The van der Waals surface area contributed by atoms with Crippen LogP contribution in [0.15, 0.2) is 42.5 Å². The van der Waals surface area contributed by atoms with E-state index >= 15 is 4.39 Å². The van der Waals surface area contributed by atoms with Crippen LogP contribution in [-0.4, -0.2) is 104 Å². The predicted molar refractivity (Wildman–Crippen MR) is 184 cm³/mol. The van der Waals surface area contributed by atoms with Gasteiger partial charge in [-0.15, -0.1) is 0 Å². The number of carbonyl (C=O) groups is 2. The first-order valence-electron chi connectivity index (χ1n) is 16.7. The molecule has 49 heavy (non-hydrogen) atoms. The molecule has 5 aliphatic rings. The molecule has 258 valence electrons. The van der Waals surface area contributed by atoms with Crippen molar-refractivity contribution in [1.29, 1.82) is 0 Å². The number of anilines is 2.